The summed E-state index contributed by atoms with van der Waals surface area (Å²) in [7, 11) is -4.69. The van der Waals surface area contributed by atoms with Gasteiger partial charge in [0.15, 0.2) is 0 Å². The Hall–Kier alpha value is -1.42. The second kappa shape index (κ2) is 11.6. The second-order valence-corrected chi connectivity index (χ2v) is 17.7. The van der Waals surface area contributed by atoms with Crippen molar-refractivity contribution in [2.45, 2.75) is 98.2 Å². The molecule has 0 saturated carbocycles. The monoisotopic (exact) mass is 630 g/mol. The molecule has 3 aromatic rings. The molecule has 8 heteroatoms. The summed E-state index contributed by atoms with van der Waals surface area (Å²) in [6.45, 7) is 19.4. The summed E-state index contributed by atoms with van der Waals surface area (Å²) in [6, 6.07) is 24.5. The molecule has 0 radical (unpaired) electrons. The predicted octanol–water partition coefficient (Wildman–Crippen LogP) is 7.09. The number of benzene rings is 3. The molecule has 0 amide bonds. The highest BCUT2D eigenvalue weighted by molar-refractivity contribution is 8.12. The SMILES string of the molecule is CC(C)(C)c1ccc(SC2=C(Sc3ccc(C(C)(C)C)cc3)C2(O[Cl+3]([O-])([O-])[O-])Sc2ccc(C(C)(C)C)cc2)cc1. The van der Waals surface area contributed by atoms with Crippen LogP contribution < -0.4 is 14.0 Å². The molecule has 3 aromatic carbocycles. The van der Waals surface area contributed by atoms with Crippen LogP contribution in [0.15, 0.2) is 97.3 Å². The lowest BCUT2D eigenvalue weighted by Crippen LogP contribution is -2.62. The minimum Gasteiger partial charge on any atom is -0.183 e. The molecule has 0 bridgehead atoms. The van der Waals surface area contributed by atoms with E-state index >= 15 is 0 Å². The predicted molar refractivity (Wildman–Crippen MR) is 164 cm³/mol. The Morgan fingerprint density at radius 3 is 1.07 bits per heavy atom. The van der Waals surface area contributed by atoms with Crippen molar-refractivity contribution in [2.75, 3.05) is 0 Å². The van der Waals surface area contributed by atoms with Gasteiger partial charge in [-0.25, -0.2) is 0 Å². The Morgan fingerprint density at radius 2 is 0.805 bits per heavy atom. The zero-order valence-corrected chi connectivity index (χ0v) is 28.4. The van der Waals surface area contributed by atoms with Gasteiger partial charge in [0.25, 0.3) is 0 Å². The minimum atomic E-state index is -4.69. The smallest absolute Gasteiger partial charge is 0.183 e. The molecular formula is C33H39ClO4S3. The number of halogens is 1. The van der Waals surface area contributed by atoms with Crippen molar-refractivity contribution in [2.24, 2.45) is 0 Å². The molecular weight excluding hydrogens is 592 g/mol. The molecule has 4 rings (SSSR count). The van der Waals surface area contributed by atoms with E-state index < -0.39 is 15.2 Å². The Bertz CT molecular complexity index is 1320. The lowest BCUT2D eigenvalue weighted by molar-refractivity contribution is -1.92. The highest BCUT2D eigenvalue weighted by Gasteiger charge is 2.68. The van der Waals surface area contributed by atoms with Gasteiger partial charge in [0.1, 0.15) is 0 Å². The van der Waals surface area contributed by atoms with Crippen LogP contribution >= 0.6 is 35.3 Å². The van der Waals surface area contributed by atoms with E-state index in [2.05, 4.69) is 86.6 Å². The van der Waals surface area contributed by atoms with E-state index in [0.29, 0.717) is 9.81 Å². The summed E-state index contributed by atoms with van der Waals surface area (Å²) < 4.78 is 41.7. The van der Waals surface area contributed by atoms with Crippen molar-refractivity contribution in [1.29, 1.82) is 0 Å². The average molecular weight is 631 g/mol. The number of hydrogen-bond donors (Lipinski definition) is 0. The van der Waals surface area contributed by atoms with Gasteiger partial charge in [-0.15, -0.1) is 0 Å². The van der Waals surface area contributed by atoms with Crippen molar-refractivity contribution in [3.63, 3.8) is 0 Å². The van der Waals surface area contributed by atoms with Crippen molar-refractivity contribution in [1.82, 2.24) is 0 Å². The van der Waals surface area contributed by atoms with E-state index in [0.717, 1.165) is 20.2 Å². The van der Waals surface area contributed by atoms with E-state index in [1.807, 2.05) is 48.5 Å². The molecule has 4 nitrogen and oxygen atoms in total. The van der Waals surface area contributed by atoms with E-state index in [-0.39, 0.29) is 16.2 Å². The highest BCUT2D eigenvalue weighted by Crippen LogP contribution is 2.68. The molecule has 0 aromatic heterocycles. The molecule has 0 fully saturated rings. The van der Waals surface area contributed by atoms with Gasteiger partial charge in [-0.05, 0) is 69.3 Å². The summed E-state index contributed by atoms with van der Waals surface area (Å²) in [4.78, 5) is 2.71. The van der Waals surface area contributed by atoms with Crippen LogP contribution in [0.2, 0.25) is 0 Å². The second-order valence-electron chi connectivity index (χ2n) is 13.4. The molecule has 41 heavy (non-hydrogen) atoms. The zero-order chi connectivity index (χ0) is 30.4. The quantitative estimate of drug-likeness (QED) is 0.246. The summed E-state index contributed by atoms with van der Waals surface area (Å²) >= 11 is 4.13. The third-order valence-corrected chi connectivity index (χ3v) is 11.4. The maximum Gasteiger partial charge on any atom is 0.337 e. The first kappa shape index (κ1) is 32.5. The van der Waals surface area contributed by atoms with Crippen molar-refractivity contribution in [3.8, 4) is 0 Å². The largest absolute Gasteiger partial charge is 0.337 e. The van der Waals surface area contributed by atoms with E-state index in [4.69, 9.17) is 4.29 Å². The molecule has 0 atom stereocenters. The van der Waals surface area contributed by atoms with Gasteiger partial charge in [-0.3, -0.25) is 0 Å². The first-order valence-corrected chi connectivity index (χ1v) is 17.2. The van der Waals surface area contributed by atoms with Crippen LogP contribution in [0, 0.1) is 10.2 Å². The first-order chi connectivity index (χ1) is 18.8. The third kappa shape index (κ3) is 8.15. The topological polar surface area (TPSA) is 78.4 Å². The number of hydrogen-bond acceptors (Lipinski definition) is 7. The Morgan fingerprint density at radius 1 is 0.512 bits per heavy atom. The average Bonchev–Trinajstić information content (AvgIpc) is 3.38. The minimum absolute atomic E-state index is 0.0136. The van der Waals surface area contributed by atoms with Gasteiger partial charge < -0.3 is 0 Å². The fraction of sp³-hybridized carbons (Fsp3) is 0.394. The zero-order valence-electron chi connectivity index (χ0n) is 25.2. The molecule has 0 unspecified atom stereocenters. The van der Waals surface area contributed by atoms with Crippen LogP contribution in [0.25, 0.3) is 0 Å². The van der Waals surface area contributed by atoms with Gasteiger partial charge in [-0.1, -0.05) is 134 Å². The molecule has 0 saturated heterocycles. The van der Waals surface area contributed by atoms with E-state index in [1.165, 1.54) is 46.4 Å². The fourth-order valence-corrected chi connectivity index (χ4v) is 8.91. The standard InChI is InChI=1S/C33H39ClO4S3/c1-30(2,3)22-10-16-25(17-11-22)39-28-29(40-26-18-12-23(13-19-26)31(4,5)6)33(28,38-34(35,36)37)41-27-20-14-24(15-21-27)32(7,8)9/h10-21H,1-9H3. The fourth-order valence-electron chi connectivity index (χ4n) is 4.22. The first-order valence-electron chi connectivity index (χ1n) is 13.5. The van der Waals surface area contributed by atoms with E-state index in [9.17, 15) is 14.0 Å². The van der Waals surface area contributed by atoms with Crippen molar-refractivity contribution >= 4 is 35.3 Å². The van der Waals surface area contributed by atoms with Gasteiger partial charge >= 0.3 is 4.93 Å². The van der Waals surface area contributed by atoms with Gasteiger partial charge in [0, 0.05) is 14.7 Å². The summed E-state index contributed by atoms with van der Waals surface area (Å²) in [5.41, 5.74) is 3.58. The maximum absolute atomic E-state index is 12.1. The van der Waals surface area contributed by atoms with Crippen LogP contribution in [-0.4, -0.2) is 4.93 Å². The molecule has 0 heterocycles. The Balaban J connectivity index is 1.71. The van der Waals surface area contributed by atoms with Crippen LogP contribution in [0.5, 0.6) is 0 Å². The maximum atomic E-state index is 12.1. The summed E-state index contributed by atoms with van der Waals surface area (Å²) in [6.07, 6.45) is 0. The molecule has 0 aliphatic heterocycles. The molecule has 220 valence electrons. The molecule has 1 aliphatic carbocycles. The van der Waals surface area contributed by atoms with E-state index in [1.54, 1.807) is 0 Å². The lowest BCUT2D eigenvalue weighted by atomic mass is 9.87. The van der Waals surface area contributed by atoms with Crippen molar-refractivity contribution in [3.05, 3.63) is 99.3 Å². The highest BCUT2D eigenvalue weighted by atomic mass is 35.7. The number of rotatable bonds is 8. The van der Waals surface area contributed by atoms with Gasteiger partial charge in [0.2, 0.25) is 0 Å². The van der Waals surface area contributed by atoms with Gasteiger partial charge in [-0.2, -0.15) is 14.0 Å². The summed E-state index contributed by atoms with van der Waals surface area (Å²) in [5.74, 6) is 0. The van der Waals surface area contributed by atoms with Gasteiger partial charge in [0.05, 0.1) is 24.3 Å². The van der Waals surface area contributed by atoms with Crippen LogP contribution in [0.3, 0.4) is 0 Å². The summed E-state index contributed by atoms with van der Waals surface area (Å²) in [5, 5.41) is 0. The Kier molecular flexibility index (Phi) is 9.18. The number of thioether (sulfide) groups is 3. The normalized spacial score (nSPS) is 15.8. The van der Waals surface area contributed by atoms with Crippen LogP contribution in [0.1, 0.15) is 79.0 Å². The molecule has 0 N–H and O–H groups in total. The van der Waals surface area contributed by atoms with Crippen molar-refractivity contribution < 1.29 is 28.5 Å². The lowest BCUT2D eigenvalue weighted by Gasteiger charge is -2.22. The van der Waals surface area contributed by atoms with Crippen LogP contribution in [-0.2, 0) is 20.5 Å². The molecule has 0 spiro atoms. The molecule has 1 aliphatic rings. The van der Waals surface area contributed by atoms with Crippen LogP contribution in [0.4, 0.5) is 0 Å². The third-order valence-electron chi connectivity index (χ3n) is 6.81. The Labute approximate surface area is 260 Å².